The highest BCUT2D eigenvalue weighted by Crippen LogP contribution is 2.34. The zero-order valence-corrected chi connectivity index (χ0v) is 15.1. The summed E-state index contributed by atoms with van der Waals surface area (Å²) < 4.78 is 10.9. The Morgan fingerprint density at radius 2 is 2.04 bits per heavy atom. The molecule has 2 aliphatic rings. The second-order valence-corrected chi connectivity index (χ2v) is 7.03. The van der Waals surface area contributed by atoms with Gasteiger partial charge >= 0.3 is 0 Å². The minimum Gasteiger partial charge on any atom is -0.496 e. The lowest BCUT2D eigenvalue weighted by Gasteiger charge is -2.45. The zero-order chi connectivity index (χ0) is 17.9. The predicted octanol–water partition coefficient (Wildman–Crippen LogP) is 1.44. The van der Waals surface area contributed by atoms with E-state index >= 15 is 0 Å². The number of carbonyl (C=O) groups is 1. The molecule has 138 valence electrons. The largest absolute Gasteiger partial charge is 0.496 e. The summed E-state index contributed by atoms with van der Waals surface area (Å²) in [5, 5.41) is 11.0. The van der Waals surface area contributed by atoms with Crippen LogP contribution in [-0.2, 0) is 9.53 Å². The highest BCUT2D eigenvalue weighted by atomic mass is 16.5. The van der Waals surface area contributed by atoms with E-state index in [9.17, 15) is 9.90 Å². The van der Waals surface area contributed by atoms with Gasteiger partial charge in [0.05, 0.1) is 18.8 Å². The molecule has 0 bridgehead atoms. The summed E-state index contributed by atoms with van der Waals surface area (Å²) in [7, 11) is 1.67. The van der Waals surface area contributed by atoms with Crippen molar-refractivity contribution in [1.82, 2.24) is 9.80 Å². The van der Waals surface area contributed by atoms with Crippen LogP contribution in [0.1, 0.15) is 31.4 Å². The molecule has 0 aromatic heterocycles. The summed E-state index contributed by atoms with van der Waals surface area (Å²) in [5.74, 6) is 0.909. The number of β-amino-alcohol motifs (C(OH)–C–C–N with tert-alkyl or cyclic N) is 1. The van der Waals surface area contributed by atoms with Crippen LogP contribution in [0.25, 0.3) is 0 Å². The standard InChI is InChI=1S/C19H28N2O4/c1-15(22)20-9-10-21(14-19(23)7-11-25-12-8-19)17(13-20)16-5-3-4-6-18(16)24-2/h3-6,17,23H,7-14H2,1-2H3/t17-/m1/s1. The molecule has 0 unspecified atom stereocenters. The highest BCUT2D eigenvalue weighted by Gasteiger charge is 2.38. The first-order chi connectivity index (χ1) is 12.0. The number of aliphatic hydroxyl groups is 1. The zero-order valence-electron chi connectivity index (χ0n) is 15.1. The third-order valence-corrected chi connectivity index (χ3v) is 5.36. The number of benzene rings is 1. The normalized spacial score (nSPS) is 24.1. The third-order valence-electron chi connectivity index (χ3n) is 5.36. The van der Waals surface area contributed by atoms with E-state index in [1.54, 1.807) is 14.0 Å². The number of carbonyl (C=O) groups excluding carboxylic acids is 1. The topological polar surface area (TPSA) is 62.2 Å². The minimum absolute atomic E-state index is 0.0145. The van der Waals surface area contributed by atoms with Crippen LogP contribution >= 0.6 is 0 Å². The van der Waals surface area contributed by atoms with Crippen molar-refractivity contribution in [3.8, 4) is 5.75 Å². The molecule has 1 atom stereocenters. The number of methoxy groups -OCH3 is 1. The number of amides is 1. The lowest BCUT2D eigenvalue weighted by molar-refractivity contribution is -0.134. The Balaban J connectivity index is 1.85. The summed E-state index contributed by atoms with van der Waals surface area (Å²) in [6.07, 6.45) is 1.30. The lowest BCUT2D eigenvalue weighted by atomic mass is 9.91. The van der Waals surface area contributed by atoms with Crippen molar-refractivity contribution in [1.29, 1.82) is 0 Å². The molecule has 0 aliphatic carbocycles. The molecule has 6 nitrogen and oxygen atoms in total. The molecule has 0 saturated carbocycles. The van der Waals surface area contributed by atoms with E-state index in [-0.39, 0.29) is 11.9 Å². The average Bonchev–Trinajstić information content (AvgIpc) is 2.62. The molecular weight excluding hydrogens is 320 g/mol. The number of rotatable bonds is 4. The van der Waals surface area contributed by atoms with Crippen molar-refractivity contribution >= 4 is 5.91 Å². The van der Waals surface area contributed by atoms with Crippen LogP contribution in [0.2, 0.25) is 0 Å². The van der Waals surface area contributed by atoms with Crippen LogP contribution in [0.15, 0.2) is 24.3 Å². The quantitative estimate of drug-likeness (QED) is 0.892. The van der Waals surface area contributed by atoms with Gasteiger partial charge in [-0.25, -0.2) is 0 Å². The van der Waals surface area contributed by atoms with Gasteiger partial charge in [-0.05, 0) is 6.07 Å². The van der Waals surface area contributed by atoms with Gasteiger partial charge in [-0.2, -0.15) is 0 Å². The van der Waals surface area contributed by atoms with Gasteiger partial charge in [-0.15, -0.1) is 0 Å². The van der Waals surface area contributed by atoms with Crippen LogP contribution in [0.4, 0.5) is 0 Å². The van der Waals surface area contributed by atoms with Gasteiger partial charge in [-0.3, -0.25) is 9.69 Å². The monoisotopic (exact) mass is 348 g/mol. The van der Waals surface area contributed by atoms with Crippen molar-refractivity contribution in [2.75, 3.05) is 46.5 Å². The van der Waals surface area contributed by atoms with Gasteiger partial charge in [-0.1, -0.05) is 18.2 Å². The Morgan fingerprint density at radius 3 is 2.72 bits per heavy atom. The van der Waals surface area contributed by atoms with E-state index in [0.29, 0.717) is 45.7 Å². The Hall–Kier alpha value is -1.63. The van der Waals surface area contributed by atoms with Crippen LogP contribution < -0.4 is 4.74 Å². The lowest BCUT2D eigenvalue weighted by Crippen LogP contribution is -2.55. The van der Waals surface area contributed by atoms with E-state index in [4.69, 9.17) is 9.47 Å². The van der Waals surface area contributed by atoms with Crippen molar-refractivity contribution in [2.45, 2.75) is 31.4 Å². The van der Waals surface area contributed by atoms with Gasteiger partial charge in [0, 0.05) is 64.7 Å². The number of para-hydroxylation sites is 1. The van der Waals surface area contributed by atoms with Crippen LogP contribution in [0.5, 0.6) is 5.75 Å². The average molecular weight is 348 g/mol. The highest BCUT2D eigenvalue weighted by molar-refractivity contribution is 5.73. The first-order valence-corrected chi connectivity index (χ1v) is 8.95. The predicted molar refractivity (Wildman–Crippen MR) is 94.6 cm³/mol. The molecule has 25 heavy (non-hydrogen) atoms. The molecule has 0 radical (unpaired) electrons. The number of hydrogen-bond acceptors (Lipinski definition) is 5. The summed E-state index contributed by atoms with van der Waals surface area (Å²) in [5.41, 5.74) is 0.336. The summed E-state index contributed by atoms with van der Waals surface area (Å²) in [6, 6.07) is 7.95. The van der Waals surface area contributed by atoms with Crippen molar-refractivity contribution < 1.29 is 19.4 Å². The van der Waals surface area contributed by atoms with E-state index in [1.165, 1.54) is 0 Å². The molecule has 2 heterocycles. The number of hydrogen-bond donors (Lipinski definition) is 1. The Kier molecular flexibility index (Phi) is 5.61. The first kappa shape index (κ1) is 18.2. The van der Waals surface area contributed by atoms with Gasteiger partial charge in [0.2, 0.25) is 5.91 Å². The van der Waals surface area contributed by atoms with Crippen LogP contribution in [-0.4, -0.2) is 72.9 Å². The minimum atomic E-state index is -0.725. The van der Waals surface area contributed by atoms with Gasteiger partial charge < -0.3 is 19.5 Å². The summed E-state index contributed by atoms with van der Waals surface area (Å²) >= 11 is 0. The maximum absolute atomic E-state index is 11.9. The van der Waals surface area contributed by atoms with Crippen molar-refractivity contribution in [2.24, 2.45) is 0 Å². The molecule has 0 spiro atoms. The molecule has 3 rings (SSSR count). The SMILES string of the molecule is COc1ccccc1[C@H]1CN(C(C)=O)CCN1CC1(O)CCOCC1. The molecule has 6 heteroatoms. The van der Waals surface area contributed by atoms with Crippen LogP contribution in [0.3, 0.4) is 0 Å². The second-order valence-electron chi connectivity index (χ2n) is 7.03. The Labute approximate surface area is 149 Å². The Morgan fingerprint density at radius 1 is 1.32 bits per heavy atom. The fraction of sp³-hybridized carbons (Fsp3) is 0.632. The summed E-state index contributed by atoms with van der Waals surface area (Å²) in [6.45, 7) is 5.44. The second kappa shape index (κ2) is 7.72. The van der Waals surface area contributed by atoms with E-state index in [0.717, 1.165) is 17.9 Å². The fourth-order valence-corrected chi connectivity index (χ4v) is 3.82. The molecule has 1 N–H and O–H groups in total. The fourth-order valence-electron chi connectivity index (χ4n) is 3.82. The number of piperazine rings is 1. The molecule has 2 aliphatic heterocycles. The van der Waals surface area contributed by atoms with Crippen molar-refractivity contribution in [3.63, 3.8) is 0 Å². The van der Waals surface area contributed by atoms with Gasteiger partial charge in [0.1, 0.15) is 5.75 Å². The first-order valence-electron chi connectivity index (χ1n) is 8.95. The molecule has 1 amide bonds. The number of nitrogens with zero attached hydrogens (tertiary/aromatic N) is 2. The van der Waals surface area contributed by atoms with E-state index in [1.807, 2.05) is 29.2 Å². The molecule has 2 saturated heterocycles. The maximum atomic E-state index is 11.9. The van der Waals surface area contributed by atoms with Crippen LogP contribution in [0, 0.1) is 0 Å². The Bertz CT molecular complexity index is 601. The summed E-state index contributed by atoms with van der Waals surface area (Å²) in [4.78, 5) is 16.1. The molecule has 1 aromatic carbocycles. The molecular formula is C19H28N2O4. The molecule has 1 aromatic rings. The van der Waals surface area contributed by atoms with Crippen molar-refractivity contribution in [3.05, 3.63) is 29.8 Å². The van der Waals surface area contributed by atoms with E-state index < -0.39 is 5.60 Å². The third kappa shape index (κ3) is 4.14. The molecule has 2 fully saturated rings. The van der Waals surface area contributed by atoms with Gasteiger partial charge in [0.15, 0.2) is 0 Å². The van der Waals surface area contributed by atoms with E-state index in [2.05, 4.69) is 4.90 Å². The van der Waals surface area contributed by atoms with Gasteiger partial charge in [0.25, 0.3) is 0 Å². The smallest absolute Gasteiger partial charge is 0.219 e. The number of ether oxygens (including phenoxy) is 2. The maximum Gasteiger partial charge on any atom is 0.219 e.